The van der Waals surface area contributed by atoms with E-state index in [4.69, 9.17) is 11.6 Å². The lowest BCUT2D eigenvalue weighted by Crippen LogP contribution is -2.14. The highest BCUT2D eigenvalue weighted by Crippen LogP contribution is 2.18. The van der Waals surface area contributed by atoms with Crippen LogP contribution >= 0.6 is 11.6 Å². The van der Waals surface area contributed by atoms with Gasteiger partial charge >= 0.3 is 6.09 Å². The van der Waals surface area contributed by atoms with Crippen LogP contribution < -0.4 is 10.6 Å². The zero-order valence-corrected chi connectivity index (χ0v) is 11.8. The van der Waals surface area contributed by atoms with Crippen molar-refractivity contribution < 1.29 is 14.3 Å². The van der Waals surface area contributed by atoms with E-state index in [2.05, 4.69) is 20.4 Å². The smallest absolute Gasteiger partial charge is 0.411 e. The summed E-state index contributed by atoms with van der Waals surface area (Å²) >= 11 is 5.86. The molecule has 21 heavy (non-hydrogen) atoms. The maximum absolute atomic E-state index is 12.1. The Bertz CT molecular complexity index is 676. The number of ether oxygens (including phenoxy) is 1. The van der Waals surface area contributed by atoms with Crippen molar-refractivity contribution in [2.45, 2.75) is 0 Å². The minimum Gasteiger partial charge on any atom is -0.453 e. The van der Waals surface area contributed by atoms with Gasteiger partial charge in [0.15, 0.2) is 0 Å². The molecule has 0 spiro atoms. The highest BCUT2D eigenvalue weighted by molar-refractivity contribution is 6.33. The highest BCUT2D eigenvalue weighted by Gasteiger charge is 2.11. The Morgan fingerprint density at radius 3 is 2.52 bits per heavy atom. The van der Waals surface area contributed by atoms with E-state index in [1.807, 2.05) is 0 Å². The van der Waals surface area contributed by atoms with Crippen LogP contribution in [0.1, 0.15) is 10.4 Å². The van der Waals surface area contributed by atoms with Gasteiger partial charge in [0.2, 0.25) is 0 Å². The van der Waals surface area contributed by atoms with Crippen molar-refractivity contribution in [2.75, 3.05) is 17.7 Å². The molecule has 0 radical (unpaired) electrons. The monoisotopic (exact) mass is 305 g/mol. The van der Waals surface area contributed by atoms with Gasteiger partial charge in [-0.05, 0) is 30.3 Å². The van der Waals surface area contributed by atoms with Gasteiger partial charge in [0.25, 0.3) is 5.91 Å². The summed E-state index contributed by atoms with van der Waals surface area (Å²) in [5.74, 6) is -0.386. The van der Waals surface area contributed by atoms with Crippen molar-refractivity contribution >= 4 is 35.0 Å². The van der Waals surface area contributed by atoms with E-state index in [1.54, 1.807) is 36.4 Å². The summed E-state index contributed by atoms with van der Waals surface area (Å²) in [6.45, 7) is 0. The Balaban J connectivity index is 2.13. The molecule has 108 valence electrons. The van der Waals surface area contributed by atoms with Crippen molar-refractivity contribution in [2.24, 2.45) is 0 Å². The molecule has 1 aromatic heterocycles. The van der Waals surface area contributed by atoms with Crippen LogP contribution in [0.25, 0.3) is 0 Å². The Labute approximate surface area is 126 Å². The molecule has 6 nitrogen and oxygen atoms in total. The number of anilines is 2. The molecule has 2 N–H and O–H groups in total. The van der Waals surface area contributed by atoms with Gasteiger partial charge in [-0.2, -0.15) is 0 Å². The van der Waals surface area contributed by atoms with Gasteiger partial charge in [-0.15, -0.1) is 0 Å². The predicted octanol–water partition coefficient (Wildman–Crippen LogP) is 3.17. The molecule has 0 aliphatic rings. The SMILES string of the molecule is COC(=O)Nc1cccc(NC(=O)c2cccnc2Cl)c1. The van der Waals surface area contributed by atoms with Crippen molar-refractivity contribution in [3.8, 4) is 0 Å². The number of halogens is 1. The normalized spacial score (nSPS) is 9.81. The summed E-state index contributed by atoms with van der Waals surface area (Å²) in [6.07, 6.45) is 0.911. The predicted molar refractivity (Wildman–Crippen MR) is 79.7 cm³/mol. The van der Waals surface area contributed by atoms with Crippen LogP contribution in [0.15, 0.2) is 42.6 Å². The number of benzene rings is 1. The molecule has 0 atom stereocenters. The Kier molecular flexibility index (Phi) is 4.73. The van der Waals surface area contributed by atoms with Crippen molar-refractivity contribution in [1.29, 1.82) is 0 Å². The zero-order valence-electron chi connectivity index (χ0n) is 11.1. The summed E-state index contributed by atoms with van der Waals surface area (Å²) in [5.41, 5.74) is 1.27. The van der Waals surface area contributed by atoms with Crippen molar-refractivity contribution in [3.63, 3.8) is 0 Å². The summed E-state index contributed by atoms with van der Waals surface area (Å²) in [5, 5.41) is 5.30. The standard InChI is InChI=1S/C14H12ClN3O3/c1-21-14(20)18-10-5-2-4-9(8-10)17-13(19)11-6-3-7-16-12(11)15/h2-8H,1H3,(H,17,19)(H,18,20). The second kappa shape index (κ2) is 6.71. The number of hydrogen-bond donors (Lipinski definition) is 2. The van der Waals surface area contributed by atoms with Gasteiger partial charge in [0, 0.05) is 17.6 Å². The van der Waals surface area contributed by atoms with E-state index >= 15 is 0 Å². The summed E-state index contributed by atoms with van der Waals surface area (Å²) < 4.78 is 4.50. The fourth-order valence-corrected chi connectivity index (χ4v) is 1.80. The molecule has 2 aromatic rings. The van der Waals surface area contributed by atoms with Gasteiger partial charge in [-0.25, -0.2) is 9.78 Å². The molecule has 0 unspecified atom stereocenters. The average molecular weight is 306 g/mol. The molecule has 0 bridgehead atoms. The van der Waals surface area contributed by atoms with Crippen LogP contribution in [0, 0.1) is 0 Å². The van der Waals surface area contributed by atoms with Crippen molar-refractivity contribution in [3.05, 3.63) is 53.3 Å². The van der Waals surface area contributed by atoms with E-state index in [0.717, 1.165) is 0 Å². The Hall–Kier alpha value is -2.60. The second-order valence-corrected chi connectivity index (χ2v) is 4.35. The Morgan fingerprint density at radius 1 is 1.14 bits per heavy atom. The number of methoxy groups -OCH3 is 1. The lowest BCUT2D eigenvalue weighted by Gasteiger charge is -2.08. The van der Waals surface area contributed by atoms with Crippen LogP contribution in [-0.4, -0.2) is 24.1 Å². The first-order chi connectivity index (χ1) is 10.1. The van der Waals surface area contributed by atoms with Crippen LogP contribution in [0.3, 0.4) is 0 Å². The number of aromatic nitrogens is 1. The number of nitrogens with zero attached hydrogens (tertiary/aromatic N) is 1. The van der Waals surface area contributed by atoms with Crippen LogP contribution in [0.5, 0.6) is 0 Å². The maximum Gasteiger partial charge on any atom is 0.411 e. The second-order valence-electron chi connectivity index (χ2n) is 3.99. The maximum atomic E-state index is 12.1. The molecular formula is C14H12ClN3O3. The molecule has 7 heteroatoms. The fourth-order valence-electron chi connectivity index (χ4n) is 1.60. The van der Waals surface area contributed by atoms with E-state index in [-0.39, 0.29) is 16.6 Å². The molecule has 0 saturated carbocycles. The van der Waals surface area contributed by atoms with E-state index in [1.165, 1.54) is 13.3 Å². The number of hydrogen-bond acceptors (Lipinski definition) is 4. The lowest BCUT2D eigenvalue weighted by molar-refractivity contribution is 0.102. The van der Waals surface area contributed by atoms with Gasteiger partial charge in [-0.3, -0.25) is 10.1 Å². The Morgan fingerprint density at radius 2 is 1.86 bits per heavy atom. The number of amides is 2. The third-order valence-electron chi connectivity index (χ3n) is 2.56. The number of nitrogens with one attached hydrogen (secondary N) is 2. The average Bonchev–Trinajstić information content (AvgIpc) is 2.47. The minimum absolute atomic E-state index is 0.124. The fraction of sp³-hybridized carbons (Fsp3) is 0.0714. The van der Waals surface area contributed by atoms with Crippen LogP contribution in [0.4, 0.5) is 16.2 Å². The number of carbonyl (C=O) groups is 2. The van der Waals surface area contributed by atoms with Gasteiger partial charge < -0.3 is 10.1 Å². The molecule has 0 aliphatic heterocycles. The van der Waals surface area contributed by atoms with Crippen LogP contribution in [0.2, 0.25) is 5.15 Å². The van der Waals surface area contributed by atoms with Crippen LogP contribution in [-0.2, 0) is 4.74 Å². The summed E-state index contributed by atoms with van der Waals surface area (Å²) in [4.78, 5) is 27.1. The first-order valence-corrected chi connectivity index (χ1v) is 6.35. The third kappa shape index (κ3) is 3.93. The largest absolute Gasteiger partial charge is 0.453 e. The van der Waals surface area contributed by atoms with Gasteiger partial charge in [-0.1, -0.05) is 17.7 Å². The summed E-state index contributed by atoms with van der Waals surface area (Å²) in [6, 6.07) is 9.83. The topological polar surface area (TPSA) is 80.3 Å². The minimum atomic E-state index is -0.589. The zero-order chi connectivity index (χ0) is 15.2. The number of pyridine rings is 1. The quantitative estimate of drug-likeness (QED) is 0.854. The molecule has 1 heterocycles. The number of carbonyl (C=O) groups excluding carboxylic acids is 2. The lowest BCUT2D eigenvalue weighted by atomic mass is 10.2. The highest BCUT2D eigenvalue weighted by atomic mass is 35.5. The van der Waals surface area contributed by atoms with Gasteiger partial charge in [0.05, 0.1) is 12.7 Å². The van der Waals surface area contributed by atoms with Crippen molar-refractivity contribution in [1.82, 2.24) is 4.98 Å². The molecule has 0 saturated heterocycles. The third-order valence-corrected chi connectivity index (χ3v) is 2.86. The molecule has 1 aromatic carbocycles. The molecular weight excluding hydrogens is 294 g/mol. The number of rotatable bonds is 3. The van der Waals surface area contributed by atoms with E-state index in [9.17, 15) is 9.59 Å². The molecule has 0 aliphatic carbocycles. The van der Waals surface area contributed by atoms with E-state index < -0.39 is 6.09 Å². The molecule has 2 rings (SSSR count). The first-order valence-electron chi connectivity index (χ1n) is 5.97. The molecule has 0 fully saturated rings. The first kappa shape index (κ1) is 14.8. The summed E-state index contributed by atoms with van der Waals surface area (Å²) in [7, 11) is 1.27. The molecule has 2 amide bonds. The van der Waals surface area contributed by atoms with E-state index in [0.29, 0.717) is 11.4 Å². The van der Waals surface area contributed by atoms with Gasteiger partial charge in [0.1, 0.15) is 5.15 Å².